The summed E-state index contributed by atoms with van der Waals surface area (Å²) in [7, 11) is 1.57. The molecule has 0 radical (unpaired) electrons. The van der Waals surface area contributed by atoms with E-state index >= 15 is 0 Å². The highest BCUT2D eigenvalue weighted by Crippen LogP contribution is 2.19. The molecule has 7 nitrogen and oxygen atoms in total. The van der Waals surface area contributed by atoms with Gasteiger partial charge in [-0.3, -0.25) is 14.9 Å². The molecule has 1 aromatic carbocycles. The van der Waals surface area contributed by atoms with Crippen LogP contribution in [-0.2, 0) is 20.7 Å². The lowest BCUT2D eigenvalue weighted by molar-refractivity contribution is -0.152. The summed E-state index contributed by atoms with van der Waals surface area (Å²) >= 11 is 0. The van der Waals surface area contributed by atoms with Gasteiger partial charge in [0, 0.05) is 6.07 Å². The highest BCUT2D eigenvalue weighted by molar-refractivity contribution is 5.94. The molecule has 0 aliphatic carbocycles. The topological polar surface area (TPSA) is 90.7 Å². The molecule has 2 rings (SSSR count). The largest absolute Gasteiger partial charge is 0.496 e. The highest BCUT2D eigenvalue weighted by Gasteiger charge is 2.19. The minimum Gasteiger partial charge on any atom is -0.496 e. The van der Waals surface area contributed by atoms with Crippen molar-refractivity contribution in [3.63, 3.8) is 0 Å². The van der Waals surface area contributed by atoms with Gasteiger partial charge in [-0.1, -0.05) is 17.3 Å². The fourth-order valence-corrected chi connectivity index (χ4v) is 2.08. The van der Waals surface area contributed by atoms with Gasteiger partial charge in [-0.25, -0.2) is 0 Å². The number of hydrogen-bond donors (Lipinski definition) is 1. The van der Waals surface area contributed by atoms with Gasteiger partial charge in [-0.05, 0) is 38.0 Å². The molecule has 7 heteroatoms. The minimum absolute atomic E-state index is 0.0513. The molecular weight excluding hydrogens is 312 g/mol. The second-order valence-electron chi connectivity index (χ2n) is 5.43. The molecule has 0 saturated carbocycles. The summed E-state index contributed by atoms with van der Waals surface area (Å²) in [5.74, 6) is -0.0752. The number of carbonyl (C=O) groups excluding carboxylic acids is 2. The fraction of sp³-hybridized carbons (Fsp3) is 0.353. The van der Waals surface area contributed by atoms with Crippen LogP contribution in [0.3, 0.4) is 0 Å². The van der Waals surface area contributed by atoms with Crippen LogP contribution in [0, 0.1) is 13.8 Å². The molecule has 0 fully saturated rings. The maximum atomic E-state index is 12.0. The molecule has 0 saturated heterocycles. The molecule has 1 amide bonds. The quantitative estimate of drug-likeness (QED) is 0.817. The van der Waals surface area contributed by atoms with Gasteiger partial charge in [0.25, 0.3) is 5.91 Å². The van der Waals surface area contributed by atoms with E-state index in [1.165, 1.54) is 6.92 Å². The van der Waals surface area contributed by atoms with Crippen LogP contribution in [0.5, 0.6) is 5.75 Å². The molecule has 0 unspecified atom stereocenters. The predicted octanol–water partition coefficient (Wildman–Crippen LogP) is 2.41. The summed E-state index contributed by atoms with van der Waals surface area (Å²) < 4.78 is 15.3. The first kappa shape index (κ1) is 17.5. The zero-order chi connectivity index (χ0) is 17.7. The zero-order valence-corrected chi connectivity index (χ0v) is 14.1. The Morgan fingerprint density at radius 3 is 2.67 bits per heavy atom. The number of hydrogen-bond acceptors (Lipinski definition) is 6. The first-order valence-corrected chi connectivity index (χ1v) is 7.46. The molecule has 128 valence electrons. The lowest BCUT2D eigenvalue weighted by Gasteiger charge is -2.13. The Kier molecular flexibility index (Phi) is 5.57. The van der Waals surface area contributed by atoms with Crippen molar-refractivity contribution in [2.45, 2.75) is 33.3 Å². The number of rotatable bonds is 6. The van der Waals surface area contributed by atoms with Crippen LogP contribution in [0.25, 0.3) is 0 Å². The first-order valence-electron chi connectivity index (χ1n) is 7.46. The van der Waals surface area contributed by atoms with Gasteiger partial charge in [0.2, 0.25) is 5.88 Å². The summed E-state index contributed by atoms with van der Waals surface area (Å²) in [5.41, 5.74) is 2.37. The Bertz CT molecular complexity index is 738. The summed E-state index contributed by atoms with van der Waals surface area (Å²) in [6.45, 7) is 5.14. The van der Waals surface area contributed by atoms with Crippen molar-refractivity contribution < 1.29 is 23.6 Å². The molecule has 1 N–H and O–H groups in total. The van der Waals surface area contributed by atoms with Crippen molar-refractivity contribution in [3.8, 4) is 5.75 Å². The molecular formula is C17H20N2O5. The summed E-state index contributed by atoms with van der Waals surface area (Å²) in [6.07, 6.45) is -0.898. The van der Waals surface area contributed by atoms with Crippen LogP contribution in [0.4, 0.5) is 5.88 Å². The average Bonchev–Trinajstić information content (AvgIpc) is 2.94. The lowest BCUT2D eigenvalue weighted by atomic mass is 10.1. The number of ether oxygens (including phenoxy) is 2. The van der Waals surface area contributed by atoms with Crippen molar-refractivity contribution in [1.29, 1.82) is 0 Å². The third-order valence-corrected chi connectivity index (χ3v) is 3.37. The van der Waals surface area contributed by atoms with E-state index in [0.717, 1.165) is 11.1 Å². The van der Waals surface area contributed by atoms with Crippen LogP contribution >= 0.6 is 0 Å². The maximum absolute atomic E-state index is 12.0. The second-order valence-corrected chi connectivity index (χ2v) is 5.43. The Morgan fingerprint density at radius 2 is 2.04 bits per heavy atom. The van der Waals surface area contributed by atoms with Gasteiger partial charge in [-0.15, -0.1) is 0 Å². The van der Waals surface area contributed by atoms with Gasteiger partial charge >= 0.3 is 5.97 Å². The Balaban J connectivity index is 1.90. The number of anilines is 1. The van der Waals surface area contributed by atoms with E-state index in [1.54, 1.807) is 26.2 Å². The van der Waals surface area contributed by atoms with E-state index in [0.29, 0.717) is 11.4 Å². The van der Waals surface area contributed by atoms with Gasteiger partial charge < -0.3 is 14.0 Å². The molecule has 0 aliphatic heterocycles. The minimum atomic E-state index is -0.949. The Hall–Kier alpha value is -2.83. The van der Waals surface area contributed by atoms with Crippen molar-refractivity contribution in [1.82, 2.24) is 5.16 Å². The molecule has 1 heterocycles. The van der Waals surface area contributed by atoms with Gasteiger partial charge in [-0.2, -0.15) is 0 Å². The van der Waals surface area contributed by atoms with Crippen molar-refractivity contribution >= 4 is 17.8 Å². The maximum Gasteiger partial charge on any atom is 0.311 e. The molecule has 0 aliphatic rings. The van der Waals surface area contributed by atoms with Gasteiger partial charge in [0.15, 0.2) is 6.10 Å². The molecule has 24 heavy (non-hydrogen) atoms. The molecule has 2 aromatic rings. The number of carbonyl (C=O) groups is 2. The number of aromatic nitrogens is 1. The summed E-state index contributed by atoms with van der Waals surface area (Å²) in [5, 5.41) is 6.15. The zero-order valence-electron chi connectivity index (χ0n) is 14.1. The van der Waals surface area contributed by atoms with Crippen LogP contribution in [0.2, 0.25) is 0 Å². The number of methoxy groups -OCH3 is 1. The first-order chi connectivity index (χ1) is 11.4. The van der Waals surface area contributed by atoms with Crippen LogP contribution in [0.1, 0.15) is 23.7 Å². The number of nitrogens with zero attached hydrogens (tertiary/aromatic N) is 1. The molecule has 1 aromatic heterocycles. The van der Waals surface area contributed by atoms with Crippen molar-refractivity contribution in [2.24, 2.45) is 0 Å². The number of benzene rings is 1. The normalized spacial score (nSPS) is 11.7. The Morgan fingerprint density at radius 1 is 1.29 bits per heavy atom. The van der Waals surface area contributed by atoms with Crippen LogP contribution in [0.15, 0.2) is 28.8 Å². The molecule has 1 atom stereocenters. The number of amides is 1. The van der Waals surface area contributed by atoms with E-state index < -0.39 is 18.0 Å². The van der Waals surface area contributed by atoms with E-state index in [9.17, 15) is 9.59 Å². The molecule has 0 bridgehead atoms. The van der Waals surface area contributed by atoms with Crippen molar-refractivity contribution in [3.05, 3.63) is 41.1 Å². The van der Waals surface area contributed by atoms with Crippen LogP contribution in [-0.4, -0.2) is 30.2 Å². The predicted molar refractivity (Wildman–Crippen MR) is 86.9 cm³/mol. The number of nitrogens with one attached hydrogen (secondary N) is 1. The smallest absolute Gasteiger partial charge is 0.311 e. The van der Waals surface area contributed by atoms with Gasteiger partial charge in [0.05, 0.1) is 19.2 Å². The van der Waals surface area contributed by atoms with E-state index in [2.05, 4.69) is 10.5 Å². The highest BCUT2D eigenvalue weighted by atomic mass is 16.5. The van der Waals surface area contributed by atoms with Crippen molar-refractivity contribution in [2.75, 3.05) is 12.4 Å². The average molecular weight is 332 g/mol. The standard InChI is InChI=1S/C17H20N2O5/c1-10-5-6-13(8-14(10)22-4)9-16(20)23-12(3)17(21)18-15-7-11(2)19-24-15/h5-8,12H,9H2,1-4H3,(H,18,21)/t12-/m1/s1. The fourth-order valence-electron chi connectivity index (χ4n) is 2.08. The Labute approximate surface area is 139 Å². The van der Waals surface area contributed by atoms with E-state index in [1.807, 2.05) is 19.1 Å². The summed E-state index contributed by atoms with van der Waals surface area (Å²) in [4.78, 5) is 23.9. The third-order valence-electron chi connectivity index (χ3n) is 3.37. The SMILES string of the molecule is COc1cc(CC(=O)O[C@H](C)C(=O)Nc2cc(C)no2)ccc1C. The lowest BCUT2D eigenvalue weighted by Crippen LogP contribution is -2.30. The van der Waals surface area contributed by atoms with Crippen LogP contribution < -0.4 is 10.1 Å². The third kappa shape index (κ3) is 4.58. The number of aryl methyl sites for hydroxylation is 2. The monoisotopic (exact) mass is 332 g/mol. The number of esters is 1. The van der Waals surface area contributed by atoms with E-state index in [-0.39, 0.29) is 12.3 Å². The van der Waals surface area contributed by atoms with Gasteiger partial charge in [0.1, 0.15) is 5.75 Å². The summed E-state index contributed by atoms with van der Waals surface area (Å²) in [6, 6.07) is 7.04. The second kappa shape index (κ2) is 7.63. The van der Waals surface area contributed by atoms with E-state index in [4.69, 9.17) is 14.0 Å². The molecule has 0 spiro atoms.